The van der Waals surface area contributed by atoms with Gasteiger partial charge in [-0.3, -0.25) is 9.59 Å². The van der Waals surface area contributed by atoms with E-state index in [0.717, 1.165) is 0 Å². The van der Waals surface area contributed by atoms with Gasteiger partial charge in [0.05, 0.1) is 4.88 Å². The SMILES string of the molecule is O=C(NCCNC(=O)c1cccs1)c1nc(-c2cccc(Cl)c2)no1. The van der Waals surface area contributed by atoms with Crippen LogP contribution in [0.5, 0.6) is 0 Å². The second-order valence-electron chi connectivity index (χ2n) is 4.92. The number of nitrogens with zero attached hydrogens (tertiary/aromatic N) is 2. The molecule has 0 aliphatic carbocycles. The molecule has 3 aromatic rings. The number of carbonyl (C=O) groups is 2. The highest BCUT2D eigenvalue weighted by atomic mass is 35.5. The lowest BCUT2D eigenvalue weighted by Crippen LogP contribution is -2.34. The maximum Gasteiger partial charge on any atom is 0.316 e. The molecule has 0 radical (unpaired) electrons. The first-order valence-corrected chi connectivity index (χ1v) is 8.59. The number of benzene rings is 1. The summed E-state index contributed by atoms with van der Waals surface area (Å²) in [6.45, 7) is 0.530. The number of nitrogens with one attached hydrogen (secondary N) is 2. The normalized spacial score (nSPS) is 10.4. The molecule has 2 heterocycles. The van der Waals surface area contributed by atoms with Crippen LogP contribution in [0.4, 0.5) is 0 Å². The molecule has 7 nitrogen and oxygen atoms in total. The quantitative estimate of drug-likeness (QED) is 0.644. The number of hydrogen-bond acceptors (Lipinski definition) is 6. The molecule has 128 valence electrons. The van der Waals surface area contributed by atoms with Gasteiger partial charge >= 0.3 is 11.8 Å². The van der Waals surface area contributed by atoms with Gasteiger partial charge in [-0.2, -0.15) is 4.98 Å². The Balaban J connectivity index is 1.50. The number of hydrogen-bond donors (Lipinski definition) is 2. The molecular weight excluding hydrogens is 364 g/mol. The van der Waals surface area contributed by atoms with Crippen LogP contribution in [0.15, 0.2) is 46.3 Å². The molecule has 0 saturated carbocycles. The van der Waals surface area contributed by atoms with Crippen LogP contribution in [0.25, 0.3) is 11.4 Å². The monoisotopic (exact) mass is 376 g/mol. The number of carbonyl (C=O) groups excluding carboxylic acids is 2. The average molecular weight is 377 g/mol. The van der Waals surface area contributed by atoms with E-state index in [4.69, 9.17) is 16.1 Å². The van der Waals surface area contributed by atoms with Gasteiger partial charge in [-0.1, -0.05) is 35.0 Å². The van der Waals surface area contributed by atoms with Gasteiger partial charge in [-0.15, -0.1) is 11.3 Å². The highest BCUT2D eigenvalue weighted by Gasteiger charge is 2.16. The summed E-state index contributed by atoms with van der Waals surface area (Å²) in [7, 11) is 0. The minimum Gasteiger partial charge on any atom is -0.350 e. The molecule has 0 fully saturated rings. The minimum absolute atomic E-state index is 0.153. The molecule has 0 atom stereocenters. The number of rotatable bonds is 6. The van der Waals surface area contributed by atoms with E-state index in [-0.39, 0.29) is 30.7 Å². The summed E-state index contributed by atoms with van der Waals surface area (Å²) in [5.41, 5.74) is 0.651. The van der Waals surface area contributed by atoms with Crippen molar-refractivity contribution in [2.75, 3.05) is 13.1 Å². The third-order valence-corrected chi connectivity index (χ3v) is 4.25. The van der Waals surface area contributed by atoms with Crippen LogP contribution in [0.2, 0.25) is 5.02 Å². The Labute approximate surface area is 152 Å². The second kappa shape index (κ2) is 7.91. The average Bonchev–Trinajstić information content (AvgIpc) is 3.30. The van der Waals surface area contributed by atoms with Crippen LogP contribution >= 0.6 is 22.9 Å². The van der Waals surface area contributed by atoms with E-state index in [1.54, 1.807) is 36.4 Å². The van der Waals surface area contributed by atoms with Crippen LogP contribution in [0.3, 0.4) is 0 Å². The molecule has 0 saturated heterocycles. The van der Waals surface area contributed by atoms with Crippen molar-refractivity contribution in [1.82, 2.24) is 20.8 Å². The van der Waals surface area contributed by atoms with E-state index in [0.29, 0.717) is 15.5 Å². The molecule has 2 amide bonds. The molecule has 0 unspecified atom stereocenters. The largest absolute Gasteiger partial charge is 0.350 e. The Morgan fingerprint density at radius 1 is 1.12 bits per heavy atom. The van der Waals surface area contributed by atoms with E-state index >= 15 is 0 Å². The maximum atomic E-state index is 12.0. The van der Waals surface area contributed by atoms with Crippen molar-refractivity contribution in [3.05, 3.63) is 57.6 Å². The summed E-state index contributed by atoms with van der Waals surface area (Å²) in [5.74, 6) is -0.561. The van der Waals surface area contributed by atoms with Gasteiger partial charge in [-0.25, -0.2) is 0 Å². The van der Waals surface area contributed by atoms with Crippen molar-refractivity contribution < 1.29 is 14.1 Å². The van der Waals surface area contributed by atoms with Crippen LogP contribution < -0.4 is 10.6 Å². The first-order valence-electron chi connectivity index (χ1n) is 7.33. The number of halogens is 1. The zero-order valence-corrected chi connectivity index (χ0v) is 14.4. The van der Waals surface area contributed by atoms with Crippen LogP contribution in [-0.2, 0) is 0 Å². The Morgan fingerprint density at radius 2 is 1.92 bits per heavy atom. The van der Waals surface area contributed by atoms with Gasteiger partial charge in [0.2, 0.25) is 5.82 Å². The fraction of sp³-hybridized carbons (Fsp3) is 0.125. The number of thiophene rings is 1. The van der Waals surface area contributed by atoms with E-state index < -0.39 is 5.91 Å². The van der Waals surface area contributed by atoms with Gasteiger partial charge in [0, 0.05) is 23.7 Å². The van der Waals surface area contributed by atoms with Gasteiger partial charge < -0.3 is 15.2 Å². The fourth-order valence-corrected chi connectivity index (χ4v) is 2.81. The molecule has 0 aliphatic heterocycles. The predicted molar refractivity (Wildman–Crippen MR) is 93.7 cm³/mol. The van der Waals surface area contributed by atoms with E-state index in [9.17, 15) is 9.59 Å². The molecule has 2 N–H and O–H groups in total. The zero-order valence-electron chi connectivity index (χ0n) is 12.9. The molecule has 2 aromatic heterocycles. The summed E-state index contributed by atoms with van der Waals surface area (Å²) in [6.07, 6.45) is 0. The zero-order chi connectivity index (χ0) is 17.6. The molecule has 0 spiro atoms. The molecule has 9 heteroatoms. The van der Waals surface area contributed by atoms with E-state index in [1.807, 2.05) is 5.38 Å². The third kappa shape index (κ3) is 4.43. The highest BCUT2D eigenvalue weighted by molar-refractivity contribution is 7.12. The number of amides is 2. The predicted octanol–water partition coefficient (Wildman–Crippen LogP) is 2.61. The molecule has 0 bridgehead atoms. The summed E-state index contributed by atoms with van der Waals surface area (Å²) >= 11 is 7.26. The first-order chi connectivity index (χ1) is 12.1. The van der Waals surface area contributed by atoms with Crippen molar-refractivity contribution in [1.29, 1.82) is 0 Å². The van der Waals surface area contributed by atoms with Crippen LogP contribution in [0, 0.1) is 0 Å². The number of aromatic nitrogens is 2. The van der Waals surface area contributed by atoms with Crippen LogP contribution in [-0.4, -0.2) is 35.0 Å². The second-order valence-corrected chi connectivity index (χ2v) is 6.31. The topological polar surface area (TPSA) is 97.1 Å². The Kier molecular flexibility index (Phi) is 5.42. The van der Waals surface area contributed by atoms with Crippen molar-refractivity contribution in [2.24, 2.45) is 0 Å². The molecule has 25 heavy (non-hydrogen) atoms. The van der Waals surface area contributed by atoms with Gasteiger partial charge in [-0.05, 0) is 23.6 Å². The van der Waals surface area contributed by atoms with Crippen molar-refractivity contribution >= 4 is 34.8 Å². The van der Waals surface area contributed by atoms with Crippen molar-refractivity contribution in [2.45, 2.75) is 0 Å². The Hall–Kier alpha value is -2.71. The molecular formula is C16H13ClN4O3S. The van der Waals surface area contributed by atoms with E-state index in [2.05, 4.69) is 20.8 Å². The minimum atomic E-state index is -0.508. The first kappa shape index (κ1) is 17.1. The Morgan fingerprint density at radius 3 is 2.64 bits per heavy atom. The lowest BCUT2D eigenvalue weighted by Gasteiger charge is -2.04. The molecule has 1 aromatic carbocycles. The highest BCUT2D eigenvalue weighted by Crippen LogP contribution is 2.19. The van der Waals surface area contributed by atoms with Gasteiger partial charge in [0.25, 0.3) is 5.91 Å². The van der Waals surface area contributed by atoms with Crippen LogP contribution in [0.1, 0.15) is 20.4 Å². The molecule has 3 rings (SSSR count). The lowest BCUT2D eigenvalue weighted by atomic mass is 10.2. The summed E-state index contributed by atoms with van der Waals surface area (Å²) in [5, 5.41) is 11.4. The summed E-state index contributed by atoms with van der Waals surface area (Å²) < 4.78 is 4.96. The van der Waals surface area contributed by atoms with Gasteiger partial charge in [0.15, 0.2) is 0 Å². The Bertz CT molecular complexity index is 879. The van der Waals surface area contributed by atoms with E-state index in [1.165, 1.54) is 11.3 Å². The summed E-state index contributed by atoms with van der Waals surface area (Å²) in [6, 6.07) is 10.4. The summed E-state index contributed by atoms with van der Waals surface area (Å²) in [4.78, 5) is 28.4. The maximum absolute atomic E-state index is 12.0. The smallest absolute Gasteiger partial charge is 0.316 e. The fourth-order valence-electron chi connectivity index (χ4n) is 1.98. The third-order valence-electron chi connectivity index (χ3n) is 3.14. The molecule has 0 aliphatic rings. The lowest BCUT2D eigenvalue weighted by molar-refractivity contribution is 0.0899. The van der Waals surface area contributed by atoms with Crippen molar-refractivity contribution in [3.63, 3.8) is 0 Å². The van der Waals surface area contributed by atoms with Crippen molar-refractivity contribution in [3.8, 4) is 11.4 Å². The van der Waals surface area contributed by atoms with Gasteiger partial charge in [0.1, 0.15) is 0 Å². The standard InChI is InChI=1S/C16H13ClN4O3S/c17-11-4-1-3-10(9-11)13-20-16(24-21-13)15(23)19-7-6-18-14(22)12-5-2-8-25-12/h1-5,8-9H,6-7H2,(H,18,22)(H,19,23).